The summed E-state index contributed by atoms with van der Waals surface area (Å²) in [6.07, 6.45) is 1.36. The highest BCUT2D eigenvalue weighted by molar-refractivity contribution is 9.12. The standard InChI is InChI=1S/C15H14Br2ClNO2/c1-7-2-3-8(4-13(7)18)19-14(20)9-5-11(16)12(17)6-10(9)15(19)21/h2-4,9-12H,5-6H2,1H3/t9-,10-,11-,12+/m1/s1. The van der Waals surface area contributed by atoms with Gasteiger partial charge in [0.05, 0.1) is 17.5 Å². The fourth-order valence-corrected chi connectivity index (χ4v) is 4.48. The van der Waals surface area contributed by atoms with Crippen LogP contribution in [0.15, 0.2) is 18.2 Å². The number of carbonyl (C=O) groups excluding carboxylic acids is 2. The summed E-state index contributed by atoms with van der Waals surface area (Å²) in [4.78, 5) is 27.0. The number of halogens is 3. The molecule has 0 N–H and O–H groups in total. The number of hydrogen-bond acceptors (Lipinski definition) is 2. The second-order valence-corrected chi connectivity index (χ2v) is 8.42. The van der Waals surface area contributed by atoms with E-state index in [-0.39, 0.29) is 33.3 Å². The number of alkyl halides is 2. The predicted molar refractivity (Wildman–Crippen MR) is 90.3 cm³/mol. The van der Waals surface area contributed by atoms with Crippen LogP contribution in [0.5, 0.6) is 0 Å². The van der Waals surface area contributed by atoms with Crippen LogP contribution in [-0.4, -0.2) is 21.5 Å². The number of rotatable bonds is 1. The maximum atomic E-state index is 12.6. The summed E-state index contributed by atoms with van der Waals surface area (Å²) >= 11 is 13.3. The molecule has 0 radical (unpaired) electrons. The lowest BCUT2D eigenvalue weighted by Crippen LogP contribution is -2.34. The number of imide groups is 1. The largest absolute Gasteiger partial charge is 0.274 e. The zero-order chi connectivity index (χ0) is 15.3. The number of hydrogen-bond donors (Lipinski definition) is 0. The van der Waals surface area contributed by atoms with Gasteiger partial charge in [-0.1, -0.05) is 49.5 Å². The van der Waals surface area contributed by atoms with Gasteiger partial charge in [0.25, 0.3) is 0 Å². The number of carbonyl (C=O) groups is 2. The molecule has 1 aliphatic heterocycles. The zero-order valence-corrected chi connectivity index (χ0v) is 15.3. The Morgan fingerprint density at radius 1 is 1.10 bits per heavy atom. The van der Waals surface area contributed by atoms with Crippen molar-refractivity contribution in [3.8, 4) is 0 Å². The van der Waals surface area contributed by atoms with Crippen LogP contribution in [0.3, 0.4) is 0 Å². The molecule has 0 bridgehead atoms. The minimum absolute atomic E-state index is 0.103. The van der Waals surface area contributed by atoms with Crippen LogP contribution < -0.4 is 4.90 Å². The first kappa shape index (κ1) is 15.5. The van der Waals surface area contributed by atoms with Gasteiger partial charge in [0, 0.05) is 14.7 Å². The molecular weight excluding hydrogens is 421 g/mol. The van der Waals surface area contributed by atoms with Crippen LogP contribution in [0.2, 0.25) is 5.02 Å². The average molecular weight is 436 g/mol. The van der Waals surface area contributed by atoms with Gasteiger partial charge in [-0.3, -0.25) is 14.5 Å². The maximum Gasteiger partial charge on any atom is 0.237 e. The molecule has 1 aromatic rings. The molecule has 3 rings (SSSR count). The van der Waals surface area contributed by atoms with E-state index in [0.717, 1.165) is 5.56 Å². The Balaban J connectivity index is 1.95. The van der Waals surface area contributed by atoms with Crippen molar-refractivity contribution in [2.24, 2.45) is 11.8 Å². The van der Waals surface area contributed by atoms with E-state index in [2.05, 4.69) is 31.9 Å². The Bertz CT molecular complexity index is 594. The third kappa shape index (κ3) is 2.57. The Morgan fingerprint density at radius 3 is 2.10 bits per heavy atom. The van der Waals surface area contributed by atoms with E-state index in [4.69, 9.17) is 11.6 Å². The molecule has 21 heavy (non-hydrogen) atoms. The van der Waals surface area contributed by atoms with Crippen molar-refractivity contribution in [1.82, 2.24) is 0 Å². The van der Waals surface area contributed by atoms with Crippen molar-refractivity contribution in [1.29, 1.82) is 0 Å². The van der Waals surface area contributed by atoms with Crippen LogP contribution in [-0.2, 0) is 9.59 Å². The first-order valence-electron chi connectivity index (χ1n) is 6.82. The van der Waals surface area contributed by atoms with Gasteiger partial charge in [0.2, 0.25) is 11.8 Å². The normalized spacial score (nSPS) is 32.5. The molecule has 0 spiro atoms. The summed E-state index contributed by atoms with van der Waals surface area (Å²) in [5, 5.41) is 0.569. The number of fused-ring (bicyclic) bond motifs is 1. The third-order valence-corrected chi connectivity index (χ3v) is 7.47. The summed E-state index contributed by atoms with van der Waals surface area (Å²) in [5.74, 6) is -0.658. The Kier molecular flexibility index (Phi) is 4.19. The molecule has 112 valence electrons. The number of nitrogens with zero attached hydrogens (tertiary/aromatic N) is 1. The van der Waals surface area contributed by atoms with Crippen molar-refractivity contribution in [3.05, 3.63) is 28.8 Å². The van der Waals surface area contributed by atoms with Gasteiger partial charge in [0.15, 0.2) is 0 Å². The zero-order valence-electron chi connectivity index (χ0n) is 11.4. The summed E-state index contributed by atoms with van der Waals surface area (Å²) in [6, 6.07) is 5.31. The van der Waals surface area contributed by atoms with Crippen molar-refractivity contribution in [2.45, 2.75) is 29.4 Å². The van der Waals surface area contributed by atoms with Crippen molar-refractivity contribution in [2.75, 3.05) is 4.90 Å². The summed E-state index contributed by atoms with van der Waals surface area (Å²) in [7, 11) is 0. The van der Waals surface area contributed by atoms with E-state index in [1.807, 2.05) is 13.0 Å². The molecule has 4 atom stereocenters. The Hall–Kier alpha value is -0.390. The van der Waals surface area contributed by atoms with Crippen LogP contribution in [0, 0.1) is 18.8 Å². The Labute approximate surface area is 145 Å². The van der Waals surface area contributed by atoms with E-state index < -0.39 is 0 Å². The molecule has 1 heterocycles. The minimum atomic E-state index is -0.226. The number of amides is 2. The van der Waals surface area contributed by atoms with Crippen molar-refractivity contribution >= 4 is 61.0 Å². The molecule has 1 aromatic carbocycles. The van der Waals surface area contributed by atoms with Crippen LogP contribution >= 0.6 is 43.5 Å². The van der Waals surface area contributed by atoms with Crippen LogP contribution in [0.1, 0.15) is 18.4 Å². The SMILES string of the molecule is Cc1ccc(N2C(=O)[C@@H]3C[C@@H](Br)[C@@H](Br)C[C@H]3C2=O)cc1Cl. The van der Waals surface area contributed by atoms with Gasteiger partial charge in [0.1, 0.15) is 0 Å². The summed E-state index contributed by atoms with van der Waals surface area (Å²) in [6.45, 7) is 1.89. The highest BCUT2D eigenvalue weighted by Crippen LogP contribution is 2.44. The molecule has 2 fully saturated rings. The first-order chi connectivity index (χ1) is 9.90. The van der Waals surface area contributed by atoms with Gasteiger partial charge in [-0.25, -0.2) is 0 Å². The maximum absolute atomic E-state index is 12.6. The van der Waals surface area contributed by atoms with Crippen LogP contribution in [0.4, 0.5) is 5.69 Å². The van der Waals surface area contributed by atoms with Gasteiger partial charge >= 0.3 is 0 Å². The smallest absolute Gasteiger partial charge is 0.237 e. The summed E-state index contributed by atoms with van der Waals surface area (Å²) < 4.78 is 0. The minimum Gasteiger partial charge on any atom is -0.274 e. The molecule has 2 amide bonds. The molecule has 1 saturated carbocycles. The summed E-state index contributed by atoms with van der Waals surface area (Å²) in [5.41, 5.74) is 1.50. The quantitative estimate of drug-likeness (QED) is 0.493. The lowest BCUT2D eigenvalue weighted by Gasteiger charge is -2.29. The molecule has 1 aliphatic carbocycles. The van der Waals surface area contributed by atoms with E-state index >= 15 is 0 Å². The second kappa shape index (κ2) is 5.67. The highest BCUT2D eigenvalue weighted by Gasteiger charge is 2.52. The fraction of sp³-hybridized carbons (Fsp3) is 0.467. The third-order valence-electron chi connectivity index (χ3n) is 4.33. The molecule has 0 unspecified atom stereocenters. The molecule has 6 heteroatoms. The Morgan fingerprint density at radius 2 is 1.62 bits per heavy atom. The first-order valence-corrected chi connectivity index (χ1v) is 9.03. The van der Waals surface area contributed by atoms with Crippen molar-refractivity contribution < 1.29 is 9.59 Å². The number of aryl methyl sites for hydroxylation is 1. The average Bonchev–Trinajstić information content (AvgIpc) is 2.66. The van der Waals surface area contributed by atoms with Gasteiger partial charge in [-0.15, -0.1) is 0 Å². The highest BCUT2D eigenvalue weighted by atomic mass is 79.9. The lowest BCUT2D eigenvalue weighted by molar-refractivity contribution is -0.122. The number of anilines is 1. The van der Waals surface area contributed by atoms with E-state index in [1.165, 1.54) is 4.90 Å². The fourth-order valence-electron chi connectivity index (χ4n) is 3.07. The topological polar surface area (TPSA) is 37.4 Å². The molecular formula is C15H14Br2ClNO2. The lowest BCUT2D eigenvalue weighted by atomic mass is 9.81. The molecule has 1 saturated heterocycles. The monoisotopic (exact) mass is 433 g/mol. The molecule has 0 aromatic heterocycles. The predicted octanol–water partition coefficient (Wildman–Crippen LogP) is 4.07. The van der Waals surface area contributed by atoms with Crippen LogP contribution in [0.25, 0.3) is 0 Å². The van der Waals surface area contributed by atoms with Gasteiger partial charge in [-0.2, -0.15) is 0 Å². The van der Waals surface area contributed by atoms with Gasteiger partial charge < -0.3 is 0 Å². The van der Waals surface area contributed by atoms with E-state index in [1.54, 1.807) is 12.1 Å². The van der Waals surface area contributed by atoms with E-state index in [9.17, 15) is 9.59 Å². The molecule has 3 nitrogen and oxygen atoms in total. The van der Waals surface area contributed by atoms with Gasteiger partial charge in [-0.05, 0) is 37.5 Å². The molecule has 2 aliphatic rings. The number of benzene rings is 1. The van der Waals surface area contributed by atoms with E-state index in [0.29, 0.717) is 23.6 Å². The second-order valence-electron chi connectivity index (χ2n) is 5.66. The van der Waals surface area contributed by atoms with Crippen molar-refractivity contribution in [3.63, 3.8) is 0 Å².